The fourth-order valence-electron chi connectivity index (χ4n) is 2.71. The smallest absolute Gasteiger partial charge is 0.357 e. The molecule has 0 aromatic heterocycles. The monoisotopic (exact) mass is 308 g/mol. The molecule has 0 saturated carbocycles. The molecule has 1 fully saturated rings. The zero-order valence-corrected chi connectivity index (χ0v) is 11.8. The minimum Gasteiger partial charge on any atom is -0.357 e. The third kappa shape index (κ3) is 4.43. The van der Waals surface area contributed by atoms with E-state index in [0.717, 1.165) is 17.9 Å². The van der Waals surface area contributed by atoms with E-state index in [1.165, 1.54) is 0 Å². The van der Waals surface area contributed by atoms with Crippen molar-refractivity contribution < 1.29 is 22.3 Å². The second kappa shape index (κ2) is 6.77. The molecule has 0 aliphatic carbocycles. The van der Waals surface area contributed by atoms with E-state index in [4.69, 9.17) is 4.74 Å². The van der Waals surface area contributed by atoms with Crippen molar-refractivity contribution in [3.63, 3.8) is 0 Å². The van der Waals surface area contributed by atoms with Crippen LogP contribution in [-0.4, -0.2) is 36.0 Å². The zero-order chi connectivity index (χ0) is 15.5. The molecular weight excluding hydrogens is 288 g/mol. The van der Waals surface area contributed by atoms with Gasteiger partial charge in [0.1, 0.15) is 12.3 Å². The molecule has 0 N–H and O–H groups in total. The molecule has 21 heavy (non-hydrogen) atoms. The van der Waals surface area contributed by atoms with Gasteiger partial charge in [0.2, 0.25) is 5.97 Å². The minimum absolute atomic E-state index is 0.103. The van der Waals surface area contributed by atoms with Crippen LogP contribution < -0.4 is 0 Å². The number of allylic oxidation sites excluding steroid dienone is 1. The number of halogens is 4. The molecule has 0 aromatic rings. The molecule has 2 rings (SSSR count). The summed E-state index contributed by atoms with van der Waals surface area (Å²) in [5.41, 5.74) is 0.573. The first-order chi connectivity index (χ1) is 9.88. The van der Waals surface area contributed by atoms with Crippen molar-refractivity contribution in [1.82, 2.24) is 5.01 Å². The van der Waals surface area contributed by atoms with Crippen molar-refractivity contribution in [3.8, 4) is 0 Å². The van der Waals surface area contributed by atoms with Crippen molar-refractivity contribution in [1.29, 1.82) is 0 Å². The second-order valence-electron chi connectivity index (χ2n) is 5.55. The summed E-state index contributed by atoms with van der Waals surface area (Å²) in [4.78, 5) is 0. The molecule has 3 nitrogen and oxygen atoms in total. The summed E-state index contributed by atoms with van der Waals surface area (Å²) in [6.07, 6.45) is -2.79. The van der Waals surface area contributed by atoms with Gasteiger partial charge < -0.3 is 4.74 Å². The molecule has 0 bridgehead atoms. The van der Waals surface area contributed by atoms with Gasteiger partial charge in [-0.25, -0.2) is 0 Å². The summed E-state index contributed by atoms with van der Waals surface area (Å²) >= 11 is 0. The standard InChI is InChI=1S/C14H20F4N2O/c1-10-5-4-6-11(14(16,17)18)20(19-12(15)9-10)13-7-2-3-8-21-13/h11,13H,1-9H2/b19-12+. The topological polar surface area (TPSA) is 24.8 Å². The fourth-order valence-corrected chi connectivity index (χ4v) is 2.71. The Balaban J connectivity index is 2.28. The Bertz CT molecular complexity index is 402. The van der Waals surface area contributed by atoms with E-state index < -0.39 is 24.4 Å². The number of hydrazone groups is 1. The lowest BCUT2D eigenvalue weighted by molar-refractivity contribution is -0.220. The number of hydrogen-bond donors (Lipinski definition) is 0. The van der Waals surface area contributed by atoms with E-state index in [1.54, 1.807) is 0 Å². The Morgan fingerprint density at radius 2 is 1.95 bits per heavy atom. The Morgan fingerprint density at radius 3 is 2.57 bits per heavy atom. The van der Waals surface area contributed by atoms with Crippen LogP contribution in [-0.2, 0) is 4.74 Å². The first kappa shape index (κ1) is 16.3. The lowest BCUT2D eigenvalue weighted by atomic mass is 10.0. The van der Waals surface area contributed by atoms with Crippen LogP contribution in [0, 0.1) is 0 Å². The van der Waals surface area contributed by atoms with Crippen LogP contribution in [0.1, 0.15) is 44.9 Å². The van der Waals surface area contributed by atoms with Crippen LogP contribution in [0.3, 0.4) is 0 Å². The number of rotatable bonds is 1. The van der Waals surface area contributed by atoms with Crippen molar-refractivity contribution in [2.24, 2.45) is 5.10 Å². The first-order valence-electron chi connectivity index (χ1n) is 7.24. The minimum atomic E-state index is -4.46. The van der Waals surface area contributed by atoms with E-state index in [2.05, 4.69) is 11.7 Å². The third-order valence-electron chi connectivity index (χ3n) is 3.78. The maximum atomic E-state index is 13.8. The number of ether oxygens (including phenoxy) is 1. The summed E-state index contributed by atoms with van der Waals surface area (Å²) in [6, 6.07) is -1.81. The Morgan fingerprint density at radius 1 is 1.19 bits per heavy atom. The highest BCUT2D eigenvalue weighted by Gasteiger charge is 2.46. The molecule has 2 aliphatic rings. The fraction of sp³-hybridized carbons (Fsp3) is 0.786. The average molecular weight is 308 g/mol. The van der Waals surface area contributed by atoms with Crippen LogP contribution in [0.2, 0.25) is 0 Å². The van der Waals surface area contributed by atoms with E-state index in [-0.39, 0.29) is 12.8 Å². The van der Waals surface area contributed by atoms with E-state index in [0.29, 0.717) is 31.4 Å². The van der Waals surface area contributed by atoms with Gasteiger partial charge in [0.25, 0.3) is 0 Å². The van der Waals surface area contributed by atoms with Crippen LogP contribution in [0.25, 0.3) is 0 Å². The lowest BCUT2D eigenvalue weighted by Gasteiger charge is -2.38. The Labute approximate surface area is 121 Å². The molecule has 2 aliphatic heterocycles. The quantitative estimate of drug-likeness (QED) is 0.537. The number of alkyl halides is 3. The molecular formula is C14H20F4N2O. The second-order valence-corrected chi connectivity index (χ2v) is 5.55. The average Bonchev–Trinajstić information content (AvgIpc) is 2.47. The van der Waals surface area contributed by atoms with E-state index >= 15 is 0 Å². The summed E-state index contributed by atoms with van der Waals surface area (Å²) < 4.78 is 59.1. The highest BCUT2D eigenvalue weighted by molar-refractivity contribution is 5.77. The van der Waals surface area contributed by atoms with E-state index in [9.17, 15) is 17.6 Å². The molecule has 2 heterocycles. The summed E-state index contributed by atoms with van der Waals surface area (Å²) in [5, 5.41) is 4.39. The Hall–Kier alpha value is -1.11. The number of hydrogen-bond acceptors (Lipinski definition) is 3. The zero-order valence-electron chi connectivity index (χ0n) is 11.8. The lowest BCUT2D eigenvalue weighted by Crippen LogP contribution is -2.50. The van der Waals surface area contributed by atoms with Crippen LogP contribution in [0.4, 0.5) is 17.6 Å². The predicted octanol–water partition coefficient (Wildman–Crippen LogP) is 4.16. The SMILES string of the molecule is C=C1CCCC(C(F)(F)F)N(C2CCCCO2)/N=C(/F)C1. The maximum Gasteiger partial charge on any atom is 0.410 e. The van der Waals surface area contributed by atoms with Gasteiger partial charge in [-0.3, -0.25) is 5.01 Å². The molecule has 0 aromatic carbocycles. The molecule has 1 saturated heterocycles. The molecule has 0 spiro atoms. The van der Waals surface area contributed by atoms with Gasteiger partial charge in [0, 0.05) is 13.0 Å². The van der Waals surface area contributed by atoms with Crippen LogP contribution in [0.5, 0.6) is 0 Å². The molecule has 120 valence electrons. The van der Waals surface area contributed by atoms with Crippen LogP contribution >= 0.6 is 0 Å². The maximum absolute atomic E-state index is 13.8. The van der Waals surface area contributed by atoms with Gasteiger partial charge in [-0.05, 0) is 38.5 Å². The summed E-state index contributed by atoms with van der Waals surface area (Å²) in [5.74, 6) is -0.828. The van der Waals surface area contributed by atoms with Crippen molar-refractivity contribution in [2.75, 3.05) is 6.61 Å². The van der Waals surface area contributed by atoms with Crippen LogP contribution in [0.15, 0.2) is 17.3 Å². The largest absolute Gasteiger partial charge is 0.410 e. The van der Waals surface area contributed by atoms with Gasteiger partial charge in [-0.2, -0.15) is 17.6 Å². The van der Waals surface area contributed by atoms with Crippen molar-refractivity contribution in [2.45, 2.75) is 63.4 Å². The van der Waals surface area contributed by atoms with Gasteiger partial charge >= 0.3 is 6.18 Å². The van der Waals surface area contributed by atoms with E-state index in [1.807, 2.05) is 0 Å². The van der Waals surface area contributed by atoms with Crippen molar-refractivity contribution >= 4 is 5.97 Å². The van der Waals surface area contributed by atoms with Gasteiger partial charge in [-0.15, -0.1) is 5.10 Å². The number of nitrogens with zero attached hydrogens (tertiary/aromatic N) is 2. The Kier molecular flexibility index (Phi) is 5.24. The highest BCUT2D eigenvalue weighted by Crippen LogP contribution is 2.34. The molecule has 2 atom stereocenters. The van der Waals surface area contributed by atoms with Gasteiger partial charge in [0.15, 0.2) is 0 Å². The first-order valence-corrected chi connectivity index (χ1v) is 7.24. The normalized spacial score (nSPS) is 31.9. The third-order valence-corrected chi connectivity index (χ3v) is 3.78. The molecule has 0 radical (unpaired) electrons. The molecule has 2 unspecified atom stereocenters. The highest BCUT2D eigenvalue weighted by atomic mass is 19.4. The van der Waals surface area contributed by atoms with Crippen molar-refractivity contribution in [3.05, 3.63) is 12.2 Å². The molecule has 0 amide bonds. The predicted molar refractivity (Wildman–Crippen MR) is 71.4 cm³/mol. The summed E-state index contributed by atoms with van der Waals surface area (Å²) in [7, 11) is 0. The summed E-state index contributed by atoms with van der Waals surface area (Å²) in [6.45, 7) is 4.07. The van der Waals surface area contributed by atoms with Gasteiger partial charge in [0.05, 0.1) is 0 Å². The van der Waals surface area contributed by atoms with Gasteiger partial charge in [-0.1, -0.05) is 12.2 Å². The molecule has 7 heteroatoms.